The molecule has 0 bridgehead atoms. The molecule has 190 valence electrons. The number of thiophene rings is 1. The molecule has 0 spiro atoms. The van der Waals surface area contributed by atoms with Crippen molar-refractivity contribution in [2.75, 3.05) is 11.9 Å². The van der Waals surface area contributed by atoms with E-state index in [0.29, 0.717) is 31.9 Å². The minimum atomic E-state index is -0.592. The Hall–Kier alpha value is -3.31. The van der Waals surface area contributed by atoms with E-state index in [1.54, 1.807) is 49.4 Å². The molecule has 2 aromatic carbocycles. The average molecular weight is 555 g/mol. The van der Waals surface area contributed by atoms with Crippen LogP contribution in [0.2, 0.25) is 10.0 Å². The predicted molar refractivity (Wildman–Crippen MR) is 146 cm³/mol. The zero-order valence-electron chi connectivity index (χ0n) is 20.1. The van der Waals surface area contributed by atoms with E-state index < -0.39 is 11.9 Å². The van der Waals surface area contributed by atoms with Crippen LogP contribution >= 0.6 is 34.5 Å². The summed E-state index contributed by atoms with van der Waals surface area (Å²) in [4.78, 5) is 26.8. The van der Waals surface area contributed by atoms with Crippen molar-refractivity contribution in [3.63, 3.8) is 0 Å². The molecule has 1 aliphatic rings. The number of ether oxygens (including phenoxy) is 2. The Morgan fingerprint density at radius 3 is 2.73 bits per heavy atom. The molecule has 0 aliphatic heterocycles. The van der Waals surface area contributed by atoms with Gasteiger partial charge in [-0.05, 0) is 74.1 Å². The first kappa shape index (κ1) is 26.7. The number of anilines is 1. The summed E-state index contributed by atoms with van der Waals surface area (Å²) in [5.41, 5.74) is 2.64. The van der Waals surface area contributed by atoms with E-state index >= 15 is 0 Å². The van der Waals surface area contributed by atoms with Crippen LogP contribution in [0.4, 0.5) is 5.00 Å². The van der Waals surface area contributed by atoms with Crippen molar-refractivity contribution in [1.82, 2.24) is 0 Å². The minimum absolute atomic E-state index is 0.0981. The van der Waals surface area contributed by atoms with Crippen molar-refractivity contribution >= 4 is 57.5 Å². The number of esters is 1. The maximum atomic E-state index is 13.1. The van der Waals surface area contributed by atoms with Gasteiger partial charge in [0, 0.05) is 20.5 Å². The second-order valence-electron chi connectivity index (χ2n) is 8.36. The van der Waals surface area contributed by atoms with Crippen molar-refractivity contribution in [1.29, 1.82) is 5.26 Å². The highest BCUT2D eigenvalue weighted by atomic mass is 35.5. The number of benzene rings is 2. The number of nitriles is 1. The van der Waals surface area contributed by atoms with Crippen LogP contribution in [0.5, 0.6) is 5.75 Å². The summed E-state index contributed by atoms with van der Waals surface area (Å²) in [5.74, 6) is -0.496. The van der Waals surface area contributed by atoms with Gasteiger partial charge in [0.25, 0.3) is 5.91 Å². The van der Waals surface area contributed by atoms with Gasteiger partial charge in [-0.15, -0.1) is 11.3 Å². The molecular formula is C28H24Cl2N2O4S. The average Bonchev–Trinajstić information content (AvgIpc) is 3.25. The maximum Gasteiger partial charge on any atom is 0.341 e. The highest BCUT2D eigenvalue weighted by Crippen LogP contribution is 2.39. The molecule has 3 aromatic rings. The molecule has 4 rings (SSSR count). The summed E-state index contributed by atoms with van der Waals surface area (Å²) in [6.45, 7) is 2.21. The fourth-order valence-electron chi connectivity index (χ4n) is 4.05. The summed E-state index contributed by atoms with van der Waals surface area (Å²) < 4.78 is 11.1. The fraction of sp³-hybridized carbons (Fsp3) is 0.250. The number of carbonyl (C=O) groups is 2. The molecule has 6 nitrogen and oxygen atoms in total. The summed E-state index contributed by atoms with van der Waals surface area (Å²) in [6.07, 6.45) is 5.13. The minimum Gasteiger partial charge on any atom is -0.489 e. The number of hydrogen-bond acceptors (Lipinski definition) is 6. The maximum absolute atomic E-state index is 13.1. The Morgan fingerprint density at radius 2 is 1.97 bits per heavy atom. The molecule has 1 N–H and O–H groups in total. The lowest BCUT2D eigenvalue weighted by atomic mass is 9.95. The highest BCUT2D eigenvalue weighted by Gasteiger charge is 2.27. The second-order valence-corrected chi connectivity index (χ2v) is 10.3. The lowest BCUT2D eigenvalue weighted by Gasteiger charge is -2.12. The molecule has 0 fully saturated rings. The SMILES string of the molecule is CCOC(=O)c1c(NC(=O)/C(C#N)=C/c2cccc(OCc3ccc(Cl)cc3Cl)c2)sc2c1CCCC2. The van der Waals surface area contributed by atoms with Gasteiger partial charge in [0.05, 0.1) is 12.2 Å². The quantitative estimate of drug-likeness (QED) is 0.180. The number of aryl methyl sites for hydroxylation is 1. The number of fused-ring (bicyclic) bond motifs is 1. The van der Waals surface area contributed by atoms with E-state index in [1.165, 1.54) is 17.4 Å². The molecule has 0 atom stereocenters. The van der Waals surface area contributed by atoms with E-state index in [1.807, 2.05) is 6.07 Å². The molecule has 0 saturated carbocycles. The van der Waals surface area contributed by atoms with Gasteiger partial charge in [0.2, 0.25) is 0 Å². The van der Waals surface area contributed by atoms with Crippen LogP contribution in [0.15, 0.2) is 48.0 Å². The molecule has 9 heteroatoms. The number of rotatable bonds is 8. The Bertz CT molecular complexity index is 1410. The van der Waals surface area contributed by atoms with Gasteiger partial charge < -0.3 is 14.8 Å². The summed E-state index contributed by atoms with van der Waals surface area (Å²) in [7, 11) is 0. The molecule has 1 amide bonds. The number of nitrogens with zero attached hydrogens (tertiary/aromatic N) is 1. The third kappa shape index (κ3) is 6.53. The lowest BCUT2D eigenvalue weighted by Crippen LogP contribution is -2.16. The largest absolute Gasteiger partial charge is 0.489 e. The van der Waals surface area contributed by atoms with Crippen molar-refractivity contribution < 1.29 is 19.1 Å². The van der Waals surface area contributed by atoms with E-state index in [4.69, 9.17) is 32.7 Å². The number of carbonyl (C=O) groups excluding carboxylic acids is 2. The van der Waals surface area contributed by atoms with Gasteiger partial charge in [0.1, 0.15) is 29.0 Å². The van der Waals surface area contributed by atoms with Gasteiger partial charge in [-0.2, -0.15) is 5.26 Å². The standard InChI is InChI=1S/C28H24Cl2N2O4S/c1-2-35-28(34)25-22-8-3-4-9-24(22)37-27(25)32-26(33)19(15-31)12-17-6-5-7-21(13-17)36-16-18-10-11-20(29)14-23(18)30/h5-7,10-14H,2-4,8-9,16H2,1H3,(H,32,33)/b19-12+. The highest BCUT2D eigenvalue weighted by molar-refractivity contribution is 7.17. The number of nitrogens with one attached hydrogen (secondary N) is 1. The Labute approximate surface area is 229 Å². The van der Waals surface area contributed by atoms with Gasteiger partial charge in [-0.1, -0.05) is 41.4 Å². The Balaban J connectivity index is 1.52. The summed E-state index contributed by atoms with van der Waals surface area (Å²) in [5, 5.41) is 14.0. The Morgan fingerprint density at radius 1 is 1.16 bits per heavy atom. The number of hydrogen-bond donors (Lipinski definition) is 1. The van der Waals surface area contributed by atoms with Crippen LogP contribution < -0.4 is 10.1 Å². The molecule has 0 radical (unpaired) electrons. The first-order chi connectivity index (χ1) is 17.9. The smallest absolute Gasteiger partial charge is 0.341 e. The van der Waals surface area contributed by atoms with Gasteiger partial charge in [0.15, 0.2) is 0 Å². The van der Waals surface area contributed by atoms with Crippen LogP contribution in [0, 0.1) is 11.3 Å². The summed E-state index contributed by atoms with van der Waals surface area (Å²) >= 11 is 13.5. The van der Waals surface area contributed by atoms with E-state index in [2.05, 4.69) is 5.32 Å². The Kier molecular flexibility index (Phi) is 8.88. The van der Waals surface area contributed by atoms with Crippen LogP contribution in [0.25, 0.3) is 6.08 Å². The number of amides is 1. The molecule has 1 aromatic heterocycles. The van der Waals surface area contributed by atoms with Gasteiger partial charge in [-0.25, -0.2) is 4.79 Å². The molecule has 1 aliphatic carbocycles. The van der Waals surface area contributed by atoms with Crippen molar-refractivity contribution in [2.45, 2.75) is 39.2 Å². The van der Waals surface area contributed by atoms with Crippen molar-refractivity contribution in [3.05, 3.63) is 85.2 Å². The third-order valence-corrected chi connectivity index (χ3v) is 7.62. The van der Waals surface area contributed by atoms with Gasteiger partial charge >= 0.3 is 5.97 Å². The zero-order chi connectivity index (χ0) is 26.4. The monoisotopic (exact) mass is 554 g/mol. The molecule has 0 unspecified atom stereocenters. The topological polar surface area (TPSA) is 88.4 Å². The molecule has 37 heavy (non-hydrogen) atoms. The van der Waals surface area contributed by atoms with Crippen molar-refractivity contribution in [2.24, 2.45) is 0 Å². The van der Waals surface area contributed by atoms with Crippen LogP contribution in [0.3, 0.4) is 0 Å². The molecule has 0 saturated heterocycles. The normalized spacial score (nSPS) is 12.9. The van der Waals surface area contributed by atoms with Gasteiger partial charge in [-0.3, -0.25) is 4.79 Å². The van der Waals surface area contributed by atoms with E-state index in [-0.39, 0.29) is 18.8 Å². The third-order valence-electron chi connectivity index (χ3n) is 5.82. The molecule has 1 heterocycles. The van der Waals surface area contributed by atoms with Crippen LogP contribution in [-0.2, 0) is 29.0 Å². The summed E-state index contributed by atoms with van der Waals surface area (Å²) in [6, 6.07) is 14.2. The second kappa shape index (κ2) is 12.3. The fourth-order valence-corrected chi connectivity index (χ4v) is 5.79. The number of halogens is 2. The van der Waals surface area contributed by atoms with Crippen LogP contribution in [0.1, 0.15) is 51.7 Å². The van der Waals surface area contributed by atoms with Crippen molar-refractivity contribution in [3.8, 4) is 11.8 Å². The zero-order valence-corrected chi connectivity index (χ0v) is 22.4. The molecular weight excluding hydrogens is 531 g/mol. The van der Waals surface area contributed by atoms with E-state index in [0.717, 1.165) is 41.7 Å². The first-order valence-electron chi connectivity index (χ1n) is 11.8. The van der Waals surface area contributed by atoms with Crippen LogP contribution in [-0.4, -0.2) is 18.5 Å². The first-order valence-corrected chi connectivity index (χ1v) is 13.4. The predicted octanol–water partition coefficient (Wildman–Crippen LogP) is 7.24. The van der Waals surface area contributed by atoms with E-state index in [9.17, 15) is 14.9 Å². The lowest BCUT2D eigenvalue weighted by molar-refractivity contribution is -0.112.